The van der Waals surface area contributed by atoms with Crippen LogP contribution in [0.4, 0.5) is 0 Å². The van der Waals surface area contributed by atoms with Crippen LogP contribution in [0.2, 0.25) is 0 Å². The van der Waals surface area contributed by atoms with Gasteiger partial charge in [0, 0.05) is 19.0 Å². The van der Waals surface area contributed by atoms with E-state index in [1.165, 1.54) is 7.05 Å². The van der Waals surface area contributed by atoms with Crippen molar-refractivity contribution >= 4 is 24.3 Å². The molecule has 0 aromatic heterocycles. The molecule has 0 amide bonds. The van der Waals surface area contributed by atoms with Gasteiger partial charge in [0.2, 0.25) is 0 Å². The summed E-state index contributed by atoms with van der Waals surface area (Å²) in [6.07, 6.45) is -7.15. The number of aliphatic carboxylic acids is 1. The van der Waals surface area contributed by atoms with Crippen LogP contribution in [-0.4, -0.2) is 36.6 Å². The van der Waals surface area contributed by atoms with Crippen LogP contribution in [0.25, 0.3) is 0 Å². The maximum absolute atomic E-state index is 10.8. The van der Waals surface area contributed by atoms with Crippen LogP contribution >= 0.6 is 12.4 Å². The van der Waals surface area contributed by atoms with Crippen LogP contribution in [0.3, 0.4) is 0 Å². The fourth-order valence-electron chi connectivity index (χ4n) is 0.293. The molecular formula is C7H17ClN4O2. The maximum atomic E-state index is 10.8. The molecule has 0 saturated heterocycles. The summed E-state index contributed by atoms with van der Waals surface area (Å²) in [5.74, 6) is -2.68. The number of aliphatic imine (C=N–C) groups is 1. The smallest absolute Gasteiger partial charge is 0.320 e. The third kappa shape index (κ3) is 7.63. The number of nitrogens with two attached hydrogens (primary N) is 2. The van der Waals surface area contributed by atoms with Crippen molar-refractivity contribution < 1.29 is 19.5 Å². The molecule has 0 rings (SSSR count). The summed E-state index contributed by atoms with van der Waals surface area (Å²) in [4.78, 5) is 13.9. The normalized spacial score (nSPS) is 25.6. The average molecular weight is 232 g/mol. The molecule has 0 heterocycles. The lowest BCUT2D eigenvalue weighted by molar-refractivity contribution is -0.138. The SMILES string of the molecule is Cl.[2H]C([2H])(N=C(N)NC)C([2H])([2H])C([2H])([2H])C([2H])(N)C(=O)O. The zero-order chi connectivity index (χ0) is 16.6. The van der Waals surface area contributed by atoms with Gasteiger partial charge in [-0.25, -0.2) is 0 Å². The van der Waals surface area contributed by atoms with Gasteiger partial charge in [0.15, 0.2) is 5.96 Å². The lowest BCUT2D eigenvalue weighted by atomic mass is 10.2. The van der Waals surface area contributed by atoms with Crippen molar-refractivity contribution in [2.75, 3.05) is 13.5 Å². The van der Waals surface area contributed by atoms with Crippen molar-refractivity contribution in [3.05, 3.63) is 0 Å². The van der Waals surface area contributed by atoms with Gasteiger partial charge in [-0.1, -0.05) is 0 Å². The number of hydrogen-bond donors (Lipinski definition) is 4. The Morgan fingerprint density at radius 1 is 1.86 bits per heavy atom. The highest BCUT2D eigenvalue weighted by Crippen LogP contribution is 1.94. The summed E-state index contributed by atoms with van der Waals surface area (Å²) in [5.41, 5.74) is 10.2. The van der Waals surface area contributed by atoms with Gasteiger partial charge >= 0.3 is 5.97 Å². The van der Waals surface area contributed by atoms with Crippen LogP contribution in [-0.2, 0) is 4.79 Å². The van der Waals surface area contributed by atoms with E-state index in [0.717, 1.165) is 0 Å². The van der Waals surface area contributed by atoms with E-state index in [1.54, 1.807) is 0 Å². The van der Waals surface area contributed by atoms with Crippen LogP contribution < -0.4 is 16.8 Å². The van der Waals surface area contributed by atoms with Crippen molar-refractivity contribution in [2.45, 2.75) is 18.8 Å². The zero-order valence-electron chi connectivity index (χ0n) is 14.4. The molecule has 0 radical (unpaired) electrons. The van der Waals surface area contributed by atoms with E-state index in [0.29, 0.717) is 0 Å². The van der Waals surface area contributed by atoms with Gasteiger partial charge in [-0.15, -0.1) is 12.4 Å². The lowest BCUT2D eigenvalue weighted by Gasteiger charge is -2.04. The molecule has 84 valence electrons. The Morgan fingerprint density at radius 2 is 2.43 bits per heavy atom. The number of carboxylic acids is 1. The Hall–Kier alpha value is -1.01. The Kier molecular flexibility index (Phi) is 3.54. The zero-order valence-corrected chi connectivity index (χ0v) is 8.18. The Morgan fingerprint density at radius 3 is 2.86 bits per heavy atom. The first kappa shape index (κ1) is 5.77. The molecule has 0 aromatic carbocycles. The monoisotopic (exact) mass is 231 g/mol. The molecule has 0 saturated carbocycles. The average Bonchev–Trinajstić information content (AvgIpc) is 2.27. The third-order valence-electron chi connectivity index (χ3n) is 0.916. The number of carboxylic acid groups (broad SMARTS) is 1. The quantitative estimate of drug-likeness (QED) is 0.363. The van der Waals surface area contributed by atoms with Crippen molar-refractivity contribution in [1.29, 1.82) is 0 Å². The fourth-order valence-corrected chi connectivity index (χ4v) is 0.293. The van der Waals surface area contributed by atoms with Crippen molar-refractivity contribution in [1.82, 2.24) is 5.32 Å². The predicted octanol–water partition coefficient (Wildman–Crippen LogP) is -0.866. The predicted molar refractivity (Wildman–Crippen MR) is 57.6 cm³/mol. The van der Waals surface area contributed by atoms with E-state index in [2.05, 4.69) is 10.3 Å². The van der Waals surface area contributed by atoms with Crippen LogP contribution in [0.1, 0.15) is 22.3 Å². The highest BCUT2D eigenvalue weighted by atomic mass is 35.5. The number of guanidine groups is 1. The van der Waals surface area contributed by atoms with E-state index in [9.17, 15) is 4.79 Å². The molecule has 0 aliphatic rings. The van der Waals surface area contributed by atoms with Gasteiger partial charge in [-0.2, -0.15) is 0 Å². The second-order valence-corrected chi connectivity index (χ2v) is 1.83. The van der Waals surface area contributed by atoms with Gasteiger partial charge in [-0.05, 0) is 12.7 Å². The molecule has 0 spiro atoms. The summed E-state index contributed by atoms with van der Waals surface area (Å²) in [6.45, 7) is -3.26. The highest BCUT2D eigenvalue weighted by Gasteiger charge is 2.09. The van der Waals surface area contributed by atoms with Gasteiger partial charge in [0.05, 0.1) is 4.11 Å². The number of nitrogens with zero attached hydrogens (tertiary/aromatic N) is 1. The molecule has 14 heavy (non-hydrogen) atoms. The number of halogens is 1. The lowest BCUT2D eigenvalue weighted by Crippen LogP contribution is -2.30. The van der Waals surface area contributed by atoms with Crippen molar-refractivity contribution in [3.63, 3.8) is 0 Å². The standard InChI is InChI=1S/C7H16N4O2.ClH/c1-10-7(9)11-4-2-3-5(8)6(12)13;/h5H,2-4,8H2,1H3,(H,12,13)(H3,9,10,11);1H/i2D2,3D2,4D2,5D;. The summed E-state index contributed by atoms with van der Waals surface area (Å²) in [7, 11) is 1.27. The molecule has 6 nitrogen and oxygen atoms in total. The summed E-state index contributed by atoms with van der Waals surface area (Å²) < 4.78 is 52.1. The number of rotatable bonds is 5. The minimum absolute atomic E-state index is 0. The Labute approximate surface area is 99.0 Å². The molecular weight excluding hydrogens is 208 g/mol. The number of nitrogens with one attached hydrogen (secondary N) is 1. The largest absolute Gasteiger partial charge is 0.480 e. The Balaban J connectivity index is 0. The summed E-state index contributed by atoms with van der Waals surface area (Å²) in [6, 6.07) is -3.42. The topological polar surface area (TPSA) is 114 Å². The van der Waals surface area contributed by atoms with E-state index < -0.39 is 37.2 Å². The first-order chi connectivity index (χ1) is 8.65. The third-order valence-corrected chi connectivity index (χ3v) is 0.916. The first-order valence-electron chi connectivity index (χ1n) is 6.70. The van der Waals surface area contributed by atoms with Crippen molar-refractivity contribution in [3.8, 4) is 0 Å². The maximum Gasteiger partial charge on any atom is 0.320 e. The molecule has 7 heteroatoms. The van der Waals surface area contributed by atoms with E-state index in [4.69, 9.17) is 26.2 Å². The molecule has 0 aliphatic carbocycles. The molecule has 1 unspecified atom stereocenters. The van der Waals surface area contributed by atoms with E-state index >= 15 is 0 Å². The fraction of sp³-hybridized carbons (Fsp3) is 0.714. The van der Waals surface area contributed by atoms with Gasteiger partial charge in [0.1, 0.15) is 6.02 Å². The second kappa shape index (κ2) is 8.58. The molecule has 0 aromatic rings. The minimum atomic E-state index is -3.60. The Bertz CT molecular complexity index is 429. The van der Waals surface area contributed by atoms with Crippen molar-refractivity contribution in [2.24, 2.45) is 16.5 Å². The first-order valence-corrected chi connectivity index (χ1v) is 3.20. The van der Waals surface area contributed by atoms with Crippen LogP contribution in [0.5, 0.6) is 0 Å². The molecule has 1 atom stereocenters. The molecule has 0 bridgehead atoms. The minimum Gasteiger partial charge on any atom is -0.480 e. The van der Waals surface area contributed by atoms with Gasteiger partial charge in [-0.3, -0.25) is 9.79 Å². The molecule has 0 aliphatic heterocycles. The number of carbonyl (C=O) groups is 1. The van der Waals surface area contributed by atoms with Crippen LogP contribution in [0, 0.1) is 0 Å². The van der Waals surface area contributed by atoms with Crippen LogP contribution in [0.15, 0.2) is 4.99 Å². The molecule has 0 fully saturated rings. The summed E-state index contributed by atoms with van der Waals surface area (Å²) >= 11 is 0. The number of hydrogen-bond acceptors (Lipinski definition) is 3. The molecule has 6 N–H and O–H groups in total. The van der Waals surface area contributed by atoms with Gasteiger partial charge in [0.25, 0.3) is 0 Å². The van der Waals surface area contributed by atoms with Gasteiger partial charge < -0.3 is 21.9 Å². The second-order valence-electron chi connectivity index (χ2n) is 1.83. The van der Waals surface area contributed by atoms with E-state index in [-0.39, 0.29) is 12.4 Å². The van der Waals surface area contributed by atoms with E-state index in [1.807, 2.05) is 0 Å². The summed E-state index contributed by atoms with van der Waals surface area (Å²) in [5, 5.41) is 10.9. The highest BCUT2D eigenvalue weighted by molar-refractivity contribution is 5.85.